The van der Waals surface area contributed by atoms with Gasteiger partial charge in [-0.1, -0.05) is 12.1 Å². The van der Waals surface area contributed by atoms with E-state index in [0.717, 1.165) is 48.0 Å². The number of nitrogens with zero attached hydrogens (tertiary/aromatic N) is 5. The minimum absolute atomic E-state index is 0.0164. The number of likely N-dealkylation sites (tertiary alicyclic amines) is 1. The third kappa shape index (κ3) is 2.65. The van der Waals surface area contributed by atoms with Crippen molar-refractivity contribution in [1.29, 1.82) is 0 Å². The van der Waals surface area contributed by atoms with Gasteiger partial charge in [0.2, 0.25) is 5.89 Å². The van der Waals surface area contributed by atoms with Crippen LogP contribution in [0.3, 0.4) is 0 Å². The van der Waals surface area contributed by atoms with Crippen molar-refractivity contribution >= 4 is 16.3 Å². The van der Waals surface area contributed by atoms with E-state index in [0.29, 0.717) is 12.4 Å². The maximum absolute atomic E-state index is 12.3. The minimum Gasteiger partial charge on any atom is -0.339 e. The van der Waals surface area contributed by atoms with E-state index in [1.54, 1.807) is 10.5 Å². The molecule has 1 aliphatic heterocycles. The van der Waals surface area contributed by atoms with E-state index in [2.05, 4.69) is 20.0 Å². The second-order valence-electron chi connectivity index (χ2n) is 6.11. The highest BCUT2D eigenvalue weighted by atomic mass is 32.1. The van der Waals surface area contributed by atoms with E-state index in [1.165, 1.54) is 11.3 Å². The quantitative estimate of drug-likeness (QED) is 0.722. The van der Waals surface area contributed by atoms with Gasteiger partial charge in [0.25, 0.3) is 5.56 Å². The fourth-order valence-electron chi connectivity index (χ4n) is 3.24. The van der Waals surface area contributed by atoms with Gasteiger partial charge in [-0.3, -0.25) is 14.1 Å². The molecule has 4 heterocycles. The van der Waals surface area contributed by atoms with Crippen molar-refractivity contribution in [2.45, 2.75) is 45.7 Å². The molecule has 0 unspecified atom stereocenters. The number of thiazole rings is 1. The Morgan fingerprint density at radius 1 is 1.42 bits per heavy atom. The lowest BCUT2D eigenvalue weighted by atomic mass is 10.2. The average molecular weight is 345 g/mol. The Morgan fingerprint density at radius 3 is 3.08 bits per heavy atom. The molecule has 0 saturated carbocycles. The van der Waals surface area contributed by atoms with E-state index in [-0.39, 0.29) is 11.6 Å². The van der Waals surface area contributed by atoms with Crippen molar-refractivity contribution < 1.29 is 4.52 Å². The first-order chi connectivity index (χ1) is 11.7. The van der Waals surface area contributed by atoms with Gasteiger partial charge in [-0.2, -0.15) is 4.98 Å². The predicted molar refractivity (Wildman–Crippen MR) is 90.1 cm³/mol. The molecule has 24 heavy (non-hydrogen) atoms. The Hall–Kier alpha value is -2.06. The third-order valence-electron chi connectivity index (χ3n) is 4.44. The molecule has 0 aliphatic carbocycles. The van der Waals surface area contributed by atoms with Gasteiger partial charge >= 0.3 is 0 Å². The minimum atomic E-state index is -0.0164. The molecular formula is C16H19N5O2S. The first-order valence-electron chi connectivity index (χ1n) is 8.19. The van der Waals surface area contributed by atoms with E-state index in [9.17, 15) is 4.79 Å². The SMILES string of the molecule is CCc1nc([C@H]2CCCN2Cc2cc(=O)n3c(C)csc3n2)no1. The van der Waals surface area contributed by atoms with Gasteiger partial charge in [0, 0.05) is 30.1 Å². The summed E-state index contributed by atoms with van der Waals surface area (Å²) in [7, 11) is 0. The lowest BCUT2D eigenvalue weighted by Crippen LogP contribution is -2.25. The van der Waals surface area contributed by atoms with Crippen LogP contribution in [0.15, 0.2) is 20.8 Å². The Morgan fingerprint density at radius 2 is 2.29 bits per heavy atom. The second-order valence-corrected chi connectivity index (χ2v) is 6.95. The highest BCUT2D eigenvalue weighted by Crippen LogP contribution is 2.31. The molecule has 0 N–H and O–H groups in total. The molecule has 4 rings (SSSR count). The molecular weight excluding hydrogens is 326 g/mol. The van der Waals surface area contributed by atoms with Crippen LogP contribution in [0, 0.1) is 6.92 Å². The van der Waals surface area contributed by atoms with Crippen LogP contribution in [-0.4, -0.2) is 31.0 Å². The van der Waals surface area contributed by atoms with Crippen molar-refractivity contribution in [3.05, 3.63) is 44.9 Å². The normalized spacial score (nSPS) is 18.7. The summed E-state index contributed by atoms with van der Waals surface area (Å²) in [6, 6.07) is 1.77. The summed E-state index contributed by atoms with van der Waals surface area (Å²) in [6.45, 7) is 5.50. The molecule has 0 amide bonds. The van der Waals surface area contributed by atoms with Crippen LogP contribution >= 0.6 is 11.3 Å². The van der Waals surface area contributed by atoms with E-state index >= 15 is 0 Å². The predicted octanol–water partition coefficient (Wildman–Crippen LogP) is 2.35. The monoisotopic (exact) mass is 345 g/mol. The number of aryl methyl sites for hydroxylation is 2. The summed E-state index contributed by atoms with van der Waals surface area (Å²) in [4.78, 5) is 24.5. The van der Waals surface area contributed by atoms with E-state index in [4.69, 9.17) is 4.52 Å². The van der Waals surface area contributed by atoms with Gasteiger partial charge in [-0.15, -0.1) is 11.3 Å². The smallest absolute Gasteiger partial charge is 0.259 e. The van der Waals surface area contributed by atoms with Crippen LogP contribution in [0.1, 0.15) is 48.9 Å². The Bertz CT molecular complexity index is 928. The molecule has 0 radical (unpaired) electrons. The van der Waals surface area contributed by atoms with Crippen LogP contribution in [0.4, 0.5) is 0 Å². The molecule has 8 heteroatoms. The van der Waals surface area contributed by atoms with Gasteiger partial charge < -0.3 is 4.52 Å². The van der Waals surface area contributed by atoms with Crippen molar-refractivity contribution in [3.63, 3.8) is 0 Å². The summed E-state index contributed by atoms with van der Waals surface area (Å²) in [5.41, 5.74) is 1.71. The van der Waals surface area contributed by atoms with Crippen LogP contribution in [0.25, 0.3) is 4.96 Å². The molecule has 0 bridgehead atoms. The number of hydrogen-bond acceptors (Lipinski definition) is 7. The Labute approximate surface area is 142 Å². The number of hydrogen-bond donors (Lipinski definition) is 0. The maximum atomic E-state index is 12.3. The zero-order valence-electron chi connectivity index (χ0n) is 13.7. The molecule has 7 nitrogen and oxygen atoms in total. The average Bonchev–Trinajstić information content (AvgIpc) is 3.27. The molecule has 1 aliphatic rings. The van der Waals surface area contributed by atoms with E-state index in [1.807, 2.05) is 19.2 Å². The topological polar surface area (TPSA) is 76.5 Å². The summed E-state index contributed by atoms with van der Waals surface area (Å²) < 4.78 is 6.90. The maximum Gasteiger partial charge on any atom is 0.259 e. The summed E-state index contributed by atoms with van der Waals surface area (Å²) >= 11 is 1.50. The van der Waals surface area contributed by atoms with Crippen LogP contribution < -0.4 is 5.56 Å². The fourth-order valence-corrected chi connectivity index (χ4v) is 4.14. The zero-order chi connectivity index (χ0) is 16.7. The molecule has 3 aromatic rings. The standard InChI is InChI=1S/C16H19N5O2S/c1-3-13-18-15(19-23-13)12-5-4-6-20(12)8-11-7-14(22)21-10(2)9-24-16(21)17-11/h7,9,12H,3-6,8H2,1-2H3/t12-/m1/s1. The summed E-state index contributed by atoms with van der Waals surface area (Å²) in [5.74, 6) is 1.41. The fraction of sp³-hybridized carbons (Fsp3) is 0.500. The molecule has 1 atom stereocenters. The van der Waals surface area contributed by atoms with Gasteiger partial charge in [0.05, 0.1) is 11.7 Å². The largest absolute Gasteiger partial charge is 0.339 e. The van der Waals surface area contributed by atoms with Gasteiger partial charge in [-0.05, 0) is 26.3 Å². The van der Waals surface area contributed by atoms with Crippen molar-refractivity contribution in [3.8, 4) is 0 Å². The third-order valence-corrected chi connectivity index (χ3v) is 5.39. The highest BCUT2D eigenvalue weighted by Gasteiger charge is 2.30. The molecule has 126 valence electrons. The van der Waals surface area contributed by atoms with Gasteiger partial charge in [0.15, 0.2) is 10.8 Å². The van der Waals surface area contributed by atoms with Crippen molar-refractivity contribution in [1.82, 2.24) is 24.4 Å². The van der Waals surface area contributed by atoms with Crippen molar-refractivity contribution in [2.75, 3.05) is 6.54 Å². The molecule has 0 spiro atoms. The molecule has 1 fully saturated rings. The number of rotatable bonds is 4. The number of aromatic nitrogens is 4. The molecule has 1 saturated heterocycles. The van der Waals surface area contributed by atoms with E-state index < -0.39 is 0 Å². The lowest BCUT2D eigenvalue weighted by Gasteiger charge is -2.21. The first kappa shape index (κ1) is 15.5. The van der Waals surface area contributed by atoms with Crippen LogP contribution in [0.2, 0.25) is 0 Å². The number of fused-ring (bicyclic) bond motifs is 1. The first-order valence-corrected chi connectivity index (χ1v) is 9.07. The van der Waals surface area contributed by atoms with Gasteiger partial charge in [0.1, 0.15) is 0 Å². The summed E-state index contributed by atoms with van der Waals surface area (Å²) in [6.07, 6.45) is 2.83. The zero-order valence-corrected chi connectivity index (χ0v) is 14.5. The highest BCUT2D eigenvalue weighted by molar-refractivity contribution is 7.15. The van der Waals surface area contributed by atoms with Crippen LogP contribution in [0.5, 0.6) is 0 Å². The Balaban J connectivity index is 1.61. The van der Waals surface area contributed by atoms with Crippen molar-refractivity contribution in [2.24, 2.45) is 0 Å². The lowest BCUT2D eigenvalue weighted by molar-refractivity contribution is 0.231. The second kappa shape index (κ2) is 6.10. The van der Waals surface area contributed by atoms with Gasteiger partial charge in [-0.25, -0.2) is 4.98 Å². The van der Waals surface area contributed by atoms with Crippen LogP contribution in [-0.2, 0) is 13.0 Å². The Kier molecular flexibility index (Phi) is 3.93. The molecule has 0 aromatic carbocycles. The summed E-state index contributed by atoms with van der Waals surface area (Å²) in [5, 5.41) is 6.08. The molecule has 3 aromatic heterocycles.